The van der Waals surface area contributed by atoms with Crippen molar-refractivity contribution in [1.29, 1.82) is 0 Å². The molecule has 0 atom stereocenters. The molecule has 0 unspecified atom stereocenters. The van der Waals surface area contributed by atoms with E-state index in [-0.39, 0.29) is 24.8 Å². The second-order valence-electron chi connectivity index (χ2n) is 2.35. The van der Waals surface area contributed by atoms with Gasteiger partial charge in [0.2, 0.25) is 15.9 Å². The lowest BCUT2D eigenvalue weighted by Gasteiger charge is -2.03. The molecule has 7 heteroatoms. The number of carbonyl (C=O) groups excluding carboxylic acids is 1. The minimum atomic E-state index is -3.50. The maximum Gasteiger partial charge on any atom is 0.246 e. The Morgan fingerprint density at radius 2 is 2.15 bits per heavy atom. The van der Waals surface area contributed by atoms with E-state index in [9.17, 15) is 13.2 Å². The van der Waals surface area contributed by atoms with Crippen molar-refractivity contribution >= 4 is 15.9 Å². The predicted molar refractivity (Wildman–Crippen MR) is 47.5 cm³/mol. The summed E-state index contributed by atoms with van der Waals surface area (Å²) in [6.45, 7) is 2.17. The Morgan fingerprint density at radius 3 is 2.62 bits per heavy atom. The molecule has 0 aliphatic heterocycles. The highest BCUT2D eigenvalue weighted by Crippen LogP contribution is 1.76. The fourth-order valence-corrected chi connectivity index (χ4v) is 0.965. The average molecular weight is 210 g/mol. The molecule has 0 saturated carbocycles. The van der Waals surface area contributed by atoms with Crippen LogP contribution >= 0.6 is 0 Å². The third-order valence-corrected chi connectivity index (χ3v) is 1.92. The van der Waals surface area contributed by atoms with E-state index in [1.165, 1.54) is 0 Å². The Bertz CT molecular complexity index is 249. The zero-order chi connectivity index (χ0) is 10.3. The van der Waals surface area contributed by atoms with E-state index in [0.717, 1.165) is 0 Å². The third-order valence-electron chi connectivity index (χ3n) is 1.15. The second kappa shape index (κ2) is 5.90. The summed E-state index contributed by atoms with van der Waals surface area (Å²) in [7, 11) is -3.50. The molecule has 0 aliphatic carbocycles. The van der Waals surface area contributed by atoms with E-state index < -0.39 is 10.0 Å². The summed E-state index contributed by atoms with van der Waals surface area (Å²) in [6, 6.07) is 0. The van der Waals surface area contributed by atoms with Crippen molar-refractivity contribution in [2.45, 2.75) is 6.92 Å². The normalized spacial score (nSPS) is 11.2. The topological polar surface area (TPSA) is 98.5 Å². The van der Waals surface area contributed by atoms with E-state index >= 15 is 0 Å². The van der Waals surface area contributed by atoms with Crippen LogP contribution in [0.2, 0.25) is 0 Å². The van der Waals surface area contributed by atoms with Crippen molar-refractivity contribution in [2.24, 2.45) is 5.14 Å². The number of amides is 1. The minimum absolute atomic E-state index is 0.0186. The van der Waals surface area contributed by atoms with E-state index in [1.54, 1.807) is 6.92 Å². The lowest BCUT2D eigenvalue weighted by atomic mass is 10.6. The predicted octanol–water partition coefficient (Wildman–Crippen LogP) is -1.57. The molecule has 13 heavy (non-hydrogen) atoms. The summed E-state index contributed by atoms with van der Waals surface area (Å²) >= 11 is 0. The quantitative estimate of drug-likeness (QED) is 0.553. The number of rotatable bonds is 6. The van der Waals surface area contributed by atoms with Crippen LogP contribution in [0.1, 0.15) is 6.92 Å². The molecule has 1 amide bonds. The Kier molecular flexibility index (Phi) is 5.60. The van der Waals surface area contributed by atoms with Gasteiger partial charge in [0.25, 0.3) is 0 Å². The molecule has 0 aromatic carbocycles. The third kappa shape index (κ3) is 9.25. The lowest BCUT2D eigenvalue weighted by molar-refractivity contribution is -0.125. The van der Waals surface area contributed by atoms with E-state index in [4.69, 9.17) is 9.88 Å². The van der Waals surface area contributed by atoms with Gasteiger partial charge in [0, 0.05) is 13.2 Å². The van der Waals surface area contributed by atoms with Gasteiger partial charge in [0.15, 0.2) is 0 Å². The van der Waals surface area contributed by atoms with Crippen molar-refractivity contribution in [1.82, 2.24) is 5.32 Å². The zero-order valence-electron chi connectivity index (χ0n) is 7.45. The van der Waals surface area contributed by atoms with Crippen LogP contribution in [-0.2, 0) is 19.6 Å². The molecule has 0 radical (unpaired) electrons. The van der Waals surface area contributed by atoms with E-state index in [0.29, 0.717) is 6.61 Å². The van der Waals surface area contributed by atoms with Crippen molar-refractivity contribution < 1.29 is 17.9 Å². The molecular weight excluding hydrogens is 196 g/mol. The Morgan fingerprint density at radius 1 is 1.54 bits per heavy atom. The van der Waals surface area contributed by atoms with Crippen LogP contribution in [0.4, 0.5) is 0 Å². The first-order valence-electron chi connectivity index (χ1n) is 3.80. The number of sulfonamides is 1. The summed E-state index contributed by atoms with van der Waals surface area (Å²) in [5.74, 6) is -0.601. The summed E-state index contributed by atoms with van der Waals surface area (Å²) in [5.41, 5.74) is 0. The molecule has 0 fully saturated rings. The van der Waals surface area contributed by atoms with Gasteiger partial charge in [0.1, 0.15) is 6.61 Å². The average Bonchev–Trinajstić information content (AvgIpc) is 1.98. The molecule has 0 aromatic rings. The van der Waals surface area contributed by atoms with E-state index in [1.807, 2.05) is 0 Å². The van der Waals surface area contributed by atoms with Crippen LogP contribution in [0.25, 0.3) is 0 Å². The van der Waals surface area contributed by atoms with Crippen LogP contribution < -0.4 is 10.5 Å². The first kappa shape index (κ1) is 12.3. The van der Waals surface area contributed by atoms with Gasteiger partial charge in [0.05, 0.1) is 5.75 Å². The molecule has 0 heterocycles. The number of hydrogen-bond donors (Lipinski definition) is 2. The fraction of sp³-hybridized carbons (Fsp3) is 0.833. The fourth-order valence-electron chi connectivity index (χ4n) is 0.579. The molecule has 6 nitrogen and oxygen atoms in total. The summed E-state index contributed by atoms with van der Waals surface area (Å²) in [4.78, 5) is 10.8. The number of carbonyl (C=O) groups is 1. The van der Waals surface area contributed by atoms with Gasteiger partial charge in [-0.2, -0.15) is 0 Å². The first-order valence-corrected chi connectivity index (χ1v) is 5.52. The molecule has 0 aliphatic rings. The minimum Gasteiger partial charge on any atom is -0.372 e. The second-order valence-corrected chi connectivity index (χ2v) is 4.09. The molecule has 0 saturated heterocycles. The molecule has 0 spiro atoms. The molecule has 0 rings (SSSR count). The van der Waals surface area contributed by atoms with Gasteiger partial charge in [-0.1, -0.05) is 0 Å². The van der Waals surface area contributed by atoms with Crippen LogP contribution in [-0.4, -0.2) is 39.8 Å². The summed E-state index contributed by atoms with van der Waals surface area (Å²) < 4.78 is 25.6. The van der Waals surface area contributed by atoms with Gasteiger partial charge < -0.3 is 10.1 Å². The molecular formula is C6H14N2O4S. The number of ether oxygens (including phenoxy) is 1. The monoisotopic (exact) mass is 210 g/mol. The number of primary sulfonamides is 1. The van der Waals surface area contributed by atoms with Crippen molar-refractivity contribution in [3.05, 3.63) is 0 Å². The standard InChI is InChI=1S/C6H14N2O4S/c1-2-12-5-6(9)8-3-4-13(7,10)11/h2-5H2,1H3,(H,8,9)(H2,7,10,11). The van der Waals surface area contributed by atoms with Gasteiger partial charge in [-0.05, 0) is 6.92 Å². The zero-order valence-corrected chi connectivity index (χ0v) is 8.26. The maximum atomic E-state index is 10.8. The summed E-state index contributed by atoms with van der Waals surface area (Å²) in [6.07, 6.45) is 0. The number of hydrogen-bond acceptors (Lipinski definition) is 4. The molecule has 0 bridgehead atoms. The van der Waals surface area contributed by atoms with Crippen molar-refractivity contribution in [2.75, 3.05) is 25.5 Å². The smallest absolute Gasteiger partial charge is 0.246 e. The van der Waals surface area contributed by atoms with Crippen molar-refractivity contribution in [3.8, 4) is 0 Å². The highest BCUT2D eigenvalue weighted by Gasteiger charge is 2.04. The maximum absolute atomic E-state index is 10.8. The first-order chi connectivity index (χ1) is 5.95. The van der Waals surface area contributed by atoms with Gasteiger partial charge in [-0.15, -0.1) is 0 Å². The van der Waals surface area contributed by atoms with Gasteiger partial charge >= 0.3 is 0 Å². The van der Waals surface area contributed by atoms with Crippen LogP contribution in [0, 0.1) is 0 Å². The largest absolute Gasteiger partial charge is 0.372 e. The van der Waals surface area contributed by atoms with Gasteiger partial charge in [-0.3, -0.25) is 4.79 Å². The Balaban J connectivity index is 3.49. The lowest BCUT2D eigenvalue weighted by Crippen LogP contribution is -2.33. The van der Waals surface area contributed by atoms with Crippen LogP contribution in [0.15, 0.2) is 0 Å². The van der Waals surface area contributed by atoms with Gasteiger partial charge in [-0.25, -0.2) is 13.6 Å². The molecule has 3 N–H and O–H groups in total. The van der Waals surface area contributed by atoms with E-state index in [2.05, 4.69) is 5.32 Å². The Labute approximate surface area is 77.5 Å². The van der Waals surface area contributed by atoms with Crippen LogP contribution in [0.5, 0.6) is 0 Å². The number of nitrogens with one attached hydrogen (secondary N) is 1. The highest BCUT2D eigenvalue weighted by molar-refractivity contribution is 7.89. The van der Waals surface area contributed by atoms with Crippen LogP contribution in [0.3, 0.4) is 0 Å². The summed E-state index contributed by atoms with van der Waals surface area (Å²) in [5, 5.41) is 7.06. The van der Waals surface area contributed by atoms with Crippen molar-refractivity contribution in [3.63, 3.8) is 0 Å². The highest BCUT2D eigenvalue weighted by atomic mass is 32.2. The molecule has 0 aromatic heterocycles. The SMILES string of the molecule is CCOCC(=O)NCCS(N)(=O)=O. The Hall–Kier alpha value is -0.660. The molecule has 78 valence electrons. The number of nitrogens with two attached hydrogens (primary N) is 1.